The Kier molecular flexibility index (Phi) is 3.29. The molecule has 0 aliphatic carbocycles. The van der Waals surface area contributed by atoms with Crippen LogP contribution in [0.3, 0.4) is 0 Å². The minimum absolute atomic E-state index is 0.316. The Balaban J connectivity index is 3.46. The van der Waals surface area contributed by atoms with Crippen LogP contribution in [-0.4, -0.2) is 0 Å². The Morgan fingerprint density at radius 1 is 1.00 bits per heavy atom. The zero-order valence-corrected chi connectivity index (χ0v) is 9.16. The van der Waals surface area contributed by atoms with E-state index in [0.29, 0.717) is 24.9 Å². The van der Waals surface area contributed by atoms with Gasteiger partial charge in [0, 0.05) is 9.79 Å². The minimum Gasteiger partial charge on any atom is -0.142 e. The maximum atomic E-state index is 5.75. The molecule has 0 aromatic heterocycles. The topological polar surface area (TPSA) is 0 Å². The van der Waals surface area contributed by atoms with Gasteiger partial charge < -0.3 is 0 Å². The minimum atomic E-state index is 0.316. The van der Waals surface area contributed by atoms with Gasteiger partial charge in [0.1, 0.15) is 0 Å². The quantitative estimate of drug-likeness (QED) is 0.496. The summed E-state index contributed by atoms with van der Waals surface area (Å²) in [6.45, 7) is 0. The fourth-order valence-corrected chi connectivity index (χ4v) is 1.80. The second kappa shape index (κ2) is 3.67. The fraction of sp³-hybridized carbons (Fsp3) is 0. The van der Waals surface area contributed by atoms with Gasteiger partial charge in [-0.2, -0.15) is 0 Å². The molecule has 0 saturated heterocycles. The van der Waals surface area contributed by atoms with Crippen LogP contribution in [0.15, 0.2) is 15.9 Å². The van der Waals surface area contributed by atoms with Crippen LogP contribution in [0.1, 0.15) is 0 Å². The summed E-state index contributed by atoms with van der Waals surface area (Å²) < 4.78 is 0. The zero-order chi connectivity index (χ0) is 8.59. The summed E-state index contributed by atoms with van der Waals surface area (Å²) in [6, 6.07) is 1.60. The summed E-state index contributed by atoms with van der Waals surface area (Å²) in [4.78, 5) is 1.16. The zero-order valence-electron chi connectivity index (χ0n) is 5.11. The molecular weight excluding hydrogens is 243 g/mol. The van der Waals surface area contributed by atoms with E-state index in [1.165, 1.54) is 0 Å². The first kappa shape index (κ1) is 9.87. The number of halogens is 3. The van der Waals surface area contributed by atoms with Gasteiger partial charge in [-0.1, -0.05) is 34.8 Å². The van der Waals surface area contributed by atoms with Crippen molar-refractivity contribution < 1.29 is 0 Å². The highest BCUT2D eigenvalue weighted by Crippen LogP contribution is 2.38. The first-order chi connectivity index (χ1) is 5.04. The molecule has 5 heteroatoms. The second-order valence-corrected chi connectivity index (χ2v) is 3.95. The maximum Gasteiger partial charge on any atom is 0.0790 e. The average molecular weight is 246 g/mol. The molecule has 1 aromatic rings. The third-order valence-electron chi connectivity index (χ3n) is 1.12. The molecule has 0 saturated carbocycles. The van der Waals surface area contributed by atoms with E-state index in [-0.39, 0.29) is 0 Å². The Labute approximate surface area is 90.7 Å². The van der Waals surface area contributed by atoms with Crippen molar-refractivity contribution in [1.82, 2.24) is 0 Å². The van der Waals surface area contributed by atoms with E-state index in [2.05, 4.69) is 25.3 Å². The van der Waals surface area contributed by atoms with Gasteiger partial charge in [0.05, 0.1) is 15.1 Å². The van der Waals surface area contributed by atoms with Crippen LogP contribution in [0, 0.1) is 0 Å². The molecule has 60 valence electrons. The Bertz CT molecular complexity index is 272. The highest BCUT2D eigenvalue weighted by molar-refractivity contribution is 7.83. The summed E-state index contributed by atoms with van der Waals surface area (Å²) in [6.07, 6.45) is 0. The van der Waals surface area contributed by atoms with Crippen LogP contribution < -0.4 is 0 Å². The number of thiol groups is 2. The number of rotatable bonds is 0. The van der Waals surface area contributed by atoms with Crippen LogP contribution in [0.25, 0.3) is 0 Å². The molecular formula is C6H3Cl3S2. The van der Waals surface area contributed by atoms with Crippen molar-refractivity contribution in [1.29, 1.82) is 0 Å². The predicted molar refractivity (Wildman–Crippen MR) is 56.0 cm³/mol. The summed E-state index contributed by atoms with van der Waals surface area (Å²) in [7, 11) is 0. The molecule has 11 heavy (non-hydrogen) atoms. The van der Waals surface area contributed by atoms with Gasteiger partial charge in [-0.15, -0.1) is 25.3 Å². The first-order valence-corrected chi connectivity index (χ1v) is 4.62. The van der Waals surface area contributed by atoms with Gasteiger partial charge in [0.15, 0.2) is 0 Å². The van der Waals surface area contributed by atoms with Gasteiger partial charge >= 0.3 is 0 Å². The summed E-state index contributed by atoms with van der Waals surface area (Å²) >= 11 is 25.3. The third-order valence-corrected chi connectivity index (χ3v) is 3.50. The lowest BCUT2D eigenvalue weighted by molar-refractivity contribution is 1.27. The van der Waals surface area contributed by atoms with Gasteiger partial charge in [-0.05, 0) is 6.07 Å². The van der Waals surface area contributed by atoms with Crippen molar-refractivity contribution in [3.05, 3.63) is 21.1 Å². The molecule has 0 N–H and O–H groups in total. The van der Waals surface area contributed by atoms with Crippen LogP contribution in [0.4, 0.5) is 0 Å². The average Bonchev–Trinajstić information content (AvgIpc) is 1.97. The van der Waals surface area contributed by atoms with Crippen LogP contribution >= 0.6 is 60.1 Å². The second-order valence-electron chi connectivity index (χ2n) is 1.85. The fourth-order valence-electron chi connectivity index (χ4n) is 0.573. The van der Waals surface area contributed by atoms with Gasteiger partial charge in [-0.25, -0.2) is 0 Å². The van der Waals surface area contributed by atoms with E-state index in [4.69, 9.17) is 34.8 Å². The Morgan fingerprint density at radius 2 is 1.55 bits per heavy atom. The molecule has 0 unspecified atom stereocenters. The van der Waals surface area contributed by atoms with Crippen molar-refractivity contribution >= 4 is 60.1 Å². The monoisotopic (exact) mass is 244 g/mol. The van der Waals surface area contributed by atoms with E-state index in [1.54, 1.807) is 6.07 Å². The smallest absolute Gasteiger partial charge is 0.0790 e. The summed E-state index contributed by atoms with van der Waals surface area (Å²) in [5.74, 6) is 0. The van der Waals surface area contributed by atoms with Crippen molar-refractivity contribution in [2.45, 2.75) is 9.79 Å². The van der Waals surface area contributed by atoms with Gasteiger partial charge in [-0.3, -0.25) is 0 Å². The lowest BCUT2D eigenvalue weighted by Crippen LogP contribution is -1.77. The van der Waals surface area contributed by atoms with Crippen molar-refractivity contribution in [3.8, 4) is 0 Å². The highest BCUT2D eigenvalue weighted by atomic mass is 35.5. The third kappa shape index (κ3) is 1.93. The largest absolute Gasteiger partial charge is 0.142 e. The SMILES string of the molecule is Sc1cc(Cl)c(Cl)c(Cl)c1S. The van der Waals surface area contributed by atoms with Crippen molar-refractivity contribution in [2.75, 3.05) is 0 Å². The summed E-state index contributed by atoms with van der Waals surface area (Å²) in [5, 5.41) is 1.04. The Morgan fingerprint density at radius 3 is 2.09 bits per heavy atom. The number of hydrogen-bond donors (Lipinski definition) is 2. The van der Waals surface area contributed by atoms with Crippen LogP contribution in [0.2, 0.25) is 15.1 Å². The van der Waals surface area contributed by atoms with Crippen molar-refractivity contribution in [2.24, 2.45) is 0 Å². The van der Waals surface area contributed by atoms with E-state index >= 15 is 0 Å². The van der Waals surface area contributed by atoms with Crippen LogP contribution in [0.5, 0.6) is 0 Å². The highest BCUT2D eigenvalue weighted by Gasteiger charge is 2.09. The maximum absolute atomic E-state index is 5.75. The lowest BCUT2D eigenvalue weighted by Gasteiger charge is -2.04. The number of hydrogen-bond acceptors (Lipinski definition) is 2. The molecule has 0 nitrogen and oxygen atoms in total. The lowest BCUT2D eigenvalue weighted by atomic mass is 10.3. The molecule has 0 fully saturated rings. The van der Waals surface area contributed by atoms with Gasteiger partial charge in [0.25, 0.3) is 0 Å². The van der Waals surface area contributed by atoms with Crippen molar-refractivity contribution in [3.63, 3.8) is 0 Å². The molecule has 0 aliphatic heterocycles. The normalized spacial score (nSPS) is 10.3. The molecule has 0 spiro atoms. The first-order valence-electron chi connectivity index (χ1n) is 2.59. The molecule has 0 radical (unpaired) electrons. The molecule has 1 aromatic carbocycles. The molecule has 0 aliphatic rings. The van der Waals surface area contributed by atoms with E-state index in [9.17, 15) is 0 Å². The van der Waals surface area contributed by atoms with E-state index in [1.807, 2.05) is 0 Å². The predicted octanol–water partition coefficient (Wildman–Crippen LogP) is 4.22. The molecule has 0 heterocycles. The summed E-state index contributed by atoms with van der Waals surface area (Å²) in [5.41, 5.74) is 0. The molecule has 1 rings (SSSR count). The molecule has 0 atom stereocenters. The standard InChI is InChI=1S/C6H3Cl3S2/c7-2-1-3(10)6(11)5(9)4(2)8/h1,10-11H. The van der Waals surface area contributed by atoms with Gasteiger partial charge in [0.2, 0.25) is 0 Å². The van der Waals surface area contributed by atoms with E-state index in [0.717, 1.165) is 0 Å². The molecule has 0 amide bonds. The Hall–Kier alpha value is 0.790. The van der Waals surface area contributed by atoms with Crippen LogP contribution in [-0.2, 0) is 0 Å². The number of benzene rings is 1. The van der Waals surface area contributed by atoms with E-state index < -0.39 is 0 Å². The molecule has 0 bridgehead atoms.